The highest BCUT2D eigenvalue weighted by atomic mass is 16.5. The number of benzene rings is 1. The molecule has 122 valence electrons. The van der Waals surface area contributed by atoms with E-state index in [-0.39, 0.29) is 12.5 Å². The Morgan fingerprint density at radius 3 is 2.59 bits per heavy atom. The summed E-state index contributed by atoms with van der Waals surface area (Å²) in [5, 5.41) is 0. The molecule has 0 saturated carbocycles. The number of amides is 1. The number of carbonyl (C=O) groups is 1. The van der Waals surface area contributed by atoms with Crippen LogP contribution in [0.15, 0.2) is 18.2 Å². The Morgan fingerprint density at radius 2 is 1.95 bits per heavy atom. The third-order valence-corrected chi connectivity index (χ3v) is 4.09. The molecule has 1 aromatic rings. The van der Waals surface area contributed by atoms with Crippen molar-refractivity contribution in [2.24, 2.45) is 5.73 Å². The van der Waals surface area contributed by atoms with Crippen LogP contribution in [-0.2, 0) is 4.79 Å². The Hall–Kier alpha value is -1.59. The maximum absolute atomic E-state index is 12.2. The first-order chi connectivity index (χ1) is 10.6. The van der Waals surface area contributed by atoms with Gasteiger partial charge in [-0.15, -0.1) is 0 Å². The minimum absolute atomic E-state index is 0.0680. The zero-order valence-electron chi connectivity index (χ0n) is 13.7. The molecular formula is C17H27N3O2. The first-order valence-corrected chi connectivity index (χ1v) is 8.00. The molecule has 1 aliphatic heterocycles. The average molecular weight is 305 g/mol. The van der Waals surface area contributed by atoms with E-state index in [1.54, 1.807) is 0 Å². The molecule has 0 radical (unpaired) electrons. The number of piperazine rings is 1. The first kappa shape index (κ1) is 16.8. The average Bonchev–Trinajstić information content (AvgIpc) is 2.52. The van der Waals surface area contributed by atoms with Gasteiger partial charge in [-0.1, -0.05) is 17.7 Å². The predicted octanol–water partition coefficient (Wildman–Crippen LogP) is 1.18. The number of carbonyl (C=O) groups excluding carboxylic acids is 1. The van der Waals surface area contributed by atoms with E-state index >= 15 is 0 Å². The predicted molar refractivity (Wildman–Crippen MR) is 88.1 cm³/mol. The van der Waals surface area contributed by atoms with E-state index in [0.29, 0.717) is 0 Å². The molecule has 1 amide bonds. The summed E-state index contributed by atoms with van der Waals surface area (Å²) in [7, 11) is 0. The van der Waals surface area contributed by atoms with Gasteiger partial charge in [0.15, 0.2) is 6.61 Å². The molecule has 0 atom stereocenters. The third-order valence-electron chi connectivity index (χ3n) is 4.09. The normalized spacial score (nSPS) is 15.9. The SMILES string of the molecule is Cc1ccc(OCC(=O)N2CCN(CCCN)CC2)c(C)c1. The Kier molecular flexibility index (Phi) is 6.21. The van der Waals surface area contributed by atoms with Gasteiger partial charge >= 0.3 is 0 Å². The standard InChI is InChI=1S/C17H27N3O2/c1-14-4-5-16(15(2)12-14)22-13-17(21)20-10-8-19(9-11-20)7-3-6-18/h4-5,12H,3,6-11,13,18H2,1-2H3. The van der Waals surface area contributed by atoms with Gasteiger partial charge in [0.1, 0.15) is 5.75 Å². The summed E-state index contributed by atoms with van der Waals surface area (Å²) in [6.45, 7) is 9.33. The molecule has 5 nitrogen and oxygen atoms in total. The monoisotopic (exact) mass is 305 g/mol. The first-order valence-electron chi connectivity index (χ1n) is 8.00. The summed E-state index contributed by atoms with van der Waals surface area (Å²) in [4.78, 5) is 16.5. The van der Waals surface area contributed by atoms with E-state index < -0.39 is 0 Å². The van der Waals surface area contributed by atoms with Gasteiger partial charge in [0, 0.05) is 26.2 Å². The minimum atomic E-state index is 0.0680. The van der Waals surface area contributed by atoms with Crippen molar-refractivity contribution in [2.75, 3.05) is 45.9 Å². The maximum Gasteiger partial charge on any atom is 0.260 e. The molecule has 1 aromatic carbocycles. The Bertz CT molecular complexity index is 497. The smallest absolute Gasteiger partial charge is 0.260 e. The maximum atomic E-state index is 12.2. The van der Waals surface area contributed by atoms with Crippen LogP contribution in [0.3, 0.4) is 0 Å². The molecule has 5 heteroatoms. The van der Waals surface area contributed by atoms with E-state index in [0.717, 1.165) is 57.0 Å². The number of hydrogen-bond acceptors (Lipinski definition) is 4. The number of hydrogen-bond donors (Lipinski definition) is 1. The highest BCUT2D eigenvalue weighted by Crippen LogP contribution is 2.18. The van der Waals surface area contributed by atoms with Crippen LogP contribution in [0.2, 0.25) is 0 Å². The number of rotatable bonds is 6. The van der Waals surface area contributed by atoms with E-state index in [4.69, 9.17) is 10.5 Å². The third kappa shape index (κ3) is 4.71. The van der Waals surface area contributed by atoms with Crippen molar-refractivity contribution in [3.63, 3.8) is 0 Å². The molecule has 0 aromatic heterocycles. The molecule has 0 unspecified atom stereocenters. The second-order valence-corrected chi connectivity index (χ2v) is 5.92. The van der Waals surface area contributed by atoms with Crippen molar-refractivity contribution in [3.8, 4) is 5.75 Å². The lowest BCUT2D eigenvalue weighted by Crippen LogP contribution is -2.50. The lowest BCUT2D eigenvalue weighted by Gasteiger charge is -2.34. The van der Waals surface area contributed by atoms with Crippen molar-refractivity contribution in [2.45, 2.75) is 20.3 Å². The van der Waals surface area contributed by atoms with Gasteiger partial charge in [0.05, 0.1) is 0 Å². The second kappa shape index (κ2) is 8.15. The zero-order chi connectivity index (χ0) is 15.9. The Balaban J connectivity index is 1.76. The van der Waals surface area contributed by atoms with Crippen LogP contribution in [0, 0.1) is 13.8 Å². The van der Waals surface area contributed by atoms with Crippen LogP contribution in [0.25, 0.3) is 0 Å². The molecular weight excluding hydrogens is 278 g/mol. The summed E-state index contributed by atoms with van der Waals surface area (Å²) in [5.41, 5.74) is 7.80. The van der Waals surface area contributed by atoms with Crippen LogP contribution in [-0.4, -0.2) is 61.6 Å². The highest BCUT2D eigenvalue weighted by molar-refractivity contribution is 5.78. The molecule has 0 bridgehead atoms. The van der Waals surface area contributed by atoms with Crippen LogP contribution in [0.5, 0.6) is 5.75 Å². The Morgan fingerprint density at radius 1 is 1.23 bits per heavy atom. The summed E-state index contributed by atoms with van der Waals surface area (Å²) in [5.74, 6) is 0.860. The van der Waals surface area contributed by atoms with E-state index in [1.165, 1.54) is 5.56 Å². The van der Waals surface area contributed by atoms with Crippen molar-refractivity contribution in [1.29, 1.82) is 0 Å². The van der Waals surface area contributed by atoms with Crippen molar-refractivity contribution in [1.82, 2.24) is 9.80 Å². The minimum Gasteiger partial charge on any atom is -0.484 e. The largest absolute Gasteiger partial charge is 0.484 e. The van der Waals surface area contributed by atoms with Crippen LogP contribution < -0.4 is 10.5 Å². The number of nitrogens with zero attached hydrogens (tertiary/aromatic N) is 2. The van der Waals surface area contributed by atoms with E-state index in [9.17, 15) is 4.79 Å². The molecule has 1 fully saturated rings. The molecule has 0 aliphatic carbocycles. The van der Waals surface area contributed by atoms with Gasteiger partial charge in [0.2, 0.25) is 0 Å². The summed E-state index contributed by atoms with van der Waals surface area (Å²) in [6, 6.07) is 6.00. The molecule has 1 aliphatic rings. The quantitative estimate of drug-likeness (QED) is 0.857. The summed E-state index contributed by atoms with van der Waals surface area (Å²) in [6.07, 6.45) is 1.02. The van der Waals surface area contributed by atoms with Gasteiger partial charge in [-0.3, -0.25) is 9.69 Å². The van der Waals surface area contributed by atoms with Gasteiger partial charge in [-0.2, -0.15) is 0 Å². The van der Waals surface area contributed by atoms with Gasteiger partial charge in [0.25, 0.3) is 5.91 Å². The highest BCUT2D eigenvalue weighted by Gasteiger charge is 2.21. The number of ether oxygens (including phenoxy) is 1. The molecule has 1 saturated heterocycles. The van der Waals surface area contributed by atoms with E-state index in [1.807, 2.05) is 30.9 Å². The summed E-state index contributed by atoms with van der Waals surface area (Å²) >= 11 is 0. The van der Waals surface area contributed by atoms with Crippen molar-refractivity contribution < 1.29 is 9.53 Å². The molecule has 1 heterocycles. The molecule has 2 rings (SSSR count). The second-order valence-electron chi connectivity index (χ2n) is 5.92. The molecule has 2 N–H and O–H groups in total. The number of nitrogens with two attached hydrogens (primary N) is 1. The number of aryl methyl sites for hydroxylation is 2. The molecule has 22 heavy (non-hydrogen) atoms. The lowest BCUT2D eigenvalue weighted by atomic mass is 10.1. The van der Waals surface area contributed by atoms with Gasteiger partial charge < -0.3 is 15.4 Å². The van der Waals surface area contributed by atoms with Crippen LogP contribution in [0.4, 0.5) is 0 Å². The van der Waals surface area contributed by atoms with Gasteiger partial charge in [-0.25, -0.2) is 0 Å². The molecule has 0 spiro atoms. The van der Waals surface area contributed by atoms with Crippen LogP contribution >= 0.6 is 0 Å². The lowest BCUT2D eigenvalue weighted by molar-refractivity contribution is -0.135. The van der Waals surface area contributed by atoms with Gasteiger partial charge in [-0.05, 0) is 45.0 Å². The fourth-order valence-electron chi connectivity index (χ4n) is 2.73. The summed E-state index contributed by atoms with van der Waals surface area (Å²) < 4.78 is 5.68. The fourth-order valence-corrected chi connectivity index (χ4v) is 2.73. The Labute approximate surface area is 133 Å². The fraction of sp³-hybridized carbons (Fsp3) is 0.588. The van der Waals surface area contributed by atoms with Crippen molar-refractivity contribution >= 4 is 5.91 Å². The van der Waals surface area contributed by atoms with Crippen LogP contribution in [0.1, 0.15) is 17.5 Å². The zero-order valence-corrected chi connectivity index (χ0v) is 13.7. The van der Waals surface area contributed by atoms with Crippen molar-refractivity contribution in [3.05, 3.63) is 29.3 Å². The topological polar surface area (TPSA) is 58.8 Å². The van der Waals surface area contributed by atoms with E-state index in [2.05, 4.69) is 11.0 Å².